The first-order chi connectivity index (χ1) is 10.1. The van der Waals surface area contributed by atoms with Crippen LogP contribution < -0.4 is 21.3 Å². The van der Waals surface area contributed by atoms with Crippen molar-refractivity contribution >= 4 is 17.4 Å². The van der Waals surface area contributed by atoms with Crippen LogP contribution in [-0.4, -0.2) is 22.5 Å². The van der Waals surface area contributed by atoms with Gasteiger partial charge in [-0.25, -0.2) is 9.37 Å². The maximum absolute atomic E-state index is 12.8. The number of hydrazine groups is 1. The summed E-state index contributed by atoms with van der Waals surface area (Å²) in [6, 6.07) is 5.12. The van der Waals surface area contributed by atoms with Crippen molar-refractivity contribution in [3.63, 3.8) is 0 Å². The van der Waals surface area contributed by atoms with Crippen molar-refractivity contribution in [2.45, 2.75) is 6.92 Å². The van der Waals surface area contributed by atoms with Crippen molar-refractivity contribution in [3.05, 3.63) is 42.0 Å². The van der Waals surface area contributed by atoms with Crippen molar-refractivity contribution in [2.24, 2.45) is 0 Å². The lowest BCUT2D eigenvalue weighted by atomic mass is 10.2. The Bertz CT molecular complexity index is 633. The molecule has 0 unspecified atom stereocenters. The molecule has 0 radical (unpaired) electrons. The second kappa shape index (κ2) is 6.51. The van der Waals surface area contributed by atoms with Crippen LogP contribution in [0.15, 0.2) is 30.6 Å². The number of nitrogens with two attached hydrogens (primary N) is 1. The van der Waals surface area contributed by atoms with Gasteiger partial charge in [0, 0.05) is 5.56 Å². The predicted octanol–water partition coefficient (Wildman–Crippen LogP) is 1.35. The lowest BCUT2D eigenvalue weighted by Gasteiger charge is -2.11. The number of nitrogens with zero attached hydrogens (tertiary/aromatic N) is 2. The van der Waals surface area contributed by atoms with Crippen molar-refractivity contribution in [1.29, 1.82) is 0 Å². The first-order valence-electron chi connectivity index (χ1n) is 6.17. The fourth-order valence-corrected chi connectivity index (χ4v) is 1.52. The van der Waals surface area contributed by atoms with Crippen LogP contribution in [0, 0.1) is 5.82 Å². The molecule has 0 bridgehead atoms. The van der Waals surface area contributed by atoms with Gasteiger partial charge in [-0.3, -0.25) is 15.6 Å². The molecule has 0 fully saturated rings. The molecule has 0 saturated heterocycles. The van der Waals surface area contributed by atoms with Crippen LogP contribution in [0.25, 0.3) is 0 Å². The summed E-state index contributed by atoms with van der Waals surface area (Å²) >= 11 is 0. The van der Waals surface area contributed by atoms with Gasteiger partial charge in [-0.1, -0.05) is 0 Å². The fourth-order valence-electron chi connectivity index (χ4n) is 1.52. The number of hydrogen-bond donors (Lipinski definition) is 3. The van der Waals surface area contributed by atoms with Gasteiger partial charge >= 0.3 is 0 Å². The van der Waals surface area contributed by atoms with E-state index in [4.69, 9.17) is 10.5 Å². The number of rotatable bonds is 5. The van der Waals surface area contributed by atoms with Crippen LogP contribution in [0.5, 0.6) is 5.88 Å². The maximum atomic E-state index is 12.8. The Morgan fingerprint density at radius 2 is 2.05 bits per heavy atom. The molecule has 0 saturated carbocycles. The molecule has 1 aromatic carbocycles. The molecule has 0 atom stereocenters. The number of nitrogens with one attached hydrogen (secondary N) is 2. The molecule has 2 rings (SSSR count). The second-order valence-electron chi connectivity index (χ2n) is 3.96. The number of carbonyl (C=O) groups excluding carboxylic acids is 1. The maximum Gasteiger partial charge on any atom is 0.269 e. The van der Waals surface area contributed by atoms with Gasteiger partial charge in [0.1, 0.15) is 17.8 Å². The van der Waals surface area contributed by atoms with Gasteiger partial charge in [-0.2, -0.15) is 4.98 Å². The third kappa shape index (κ3) is 3.56. The Morgan fingerprint density at radius 1 is 1.33 bits per heavy atom. The lowest BCUT2D eigenvalue weighted by Crippen LogP contribution is -2.30. The fraction of sp³-hybridized carbons (Fsp3) is 0.154. The standard InChI is InChI=1S/C13H14FN5O2/c1-2-21-13-10(15)11(16-7-17-13)18-19-12(20)8-3-5-9(14)6-4-8/h3-7H,2,15H2,1H3,(H,19,20)(H,16,17,18). The van der Waals surface area contributed by atoms with E-state index in [2.05, 4.69) is 20.8 Å². The summed E-state index contributed by atoms with van der Waals surface area (Å²) in [6.07, 6.45) is 1.26. The van der Waals surface area contributed by atoms with E-state index in [1.165, 1.54) is 30.6 Å². The van der Waals surface area contributed by atoms with E-state index in [0.29, 0.717) is 12.2 Å². The van der Waals surface area contributed by atoms with Gasteiger partial charge in [0.05, 0.1) is 6.61 Å². The quantitative estimate of drug-likeness (QED) is 0.719. The van der Waals surface area contributed by atoms with Gasteiger partial charge in [0.25, 0.3) is 5.91 Å². The summed E-state index contributed by atoms with van der Waals surface area (Å²) < 4.78 is 18.0. The Kier molecular flexibility index (Phi) is 4.50. The molecule has 0 spiro atoms. The second-order valence-corrected chi connectivity index (χ2v) is 3.96. The summed E-state index contributed by atoms with van der Waals surface area (Å²) in [4.78, 5) is 19.6. The van der Waals surface area contributed by atoms with Crippen molar-refractivity contribution < 1.29 is 13.9 Å². The molecule has 0 aliphatic heterocycles. The SMILES string of the molecule is CCOc1ncnc(NNC(=O)c2ccc(F)cc2)c1N. The highest BCUT2D eigenvalue weighted by Crippen LogP contribution is 2.23. The summed E-state index contributed by atoms with van der Waals surface area (Å²) in [5.41, 5.74) is 11.3. The largest absolute Gasteiger partial charge is 0.476 e. The van der Waals surface area contributed by atoms with Crippen LogP contribution in [0.3, 0.4) is 0 Å². The molecule has 21 heavy (non-hydrogen) atoms. The average molecular weight is 291 g/mol. The van der Waals surface area contributed by atoms with Crippen LogP contribution in [-0.2, 0) is 0 Å². The number of aromatic nitrogens is 2. The van der Waals surface area contributed by atoms with E-state index in [1.54, 1.807) is 6.92 Å². The van der Waals surface area contributed by atoms with E-state index in [9.17, 15) is 9.18 Å². The van der Waals surface area contributed by atoms with Crippen molar-refractivity contribution in [2.75, 3.05) is 17.8 Å². The minimum Gasteiger partial charge on any atom is -0.476 e. The third-order valence-corrected chi connectivity index (χ3v) is 2.53. The molecule has 1 amide bonds. The topological polar surface area (TPSA) is 102 Å². The first kappa shape index (κ1) is 14.5. The smallest absolute Gasteiger partial charge is 0.269 e. The number of hydrogen-bond acceptors (Lipinski definition) is 6. The van der Waals surface area contributed by atoms with Gasteiger partial charge < -0.3 is 10.5 Å². The highest BCUT2D eigenvalue weighted by atomic mass is 19.1. The molecule has 2 aromatic rings. The van der Waals surface area contributed by atoms with E-state index in [0.717, 1.165) is 0 Å². The number of carbonyl (C=O) groups is 1. The number of halogens is 1. The number of nitrogen functional groups attached to an aromatic ring is 1. The summed E-state index contributed by atoms with van der Waals surface area (Å²) in [7, 11) is 0. The van der Waals surface area contributed by atoms with E-state index < -0.39 is 11.7 Å². The first-order valence-corrected chi connectivity index (χ1v) is 6.17. The number of amides is 1. The summed E-state index contributed by atoms with van der Waals surface area (Å²) in [5.74, 6) is -0.429. The average Bonchev–Trinajstić information content (AvgIpc) is 2.49. The minimum atomic E-state index is -0.453. The molecule has 110 valence electrons. The molecule has 4 N–H and O–H groups in total. The van der Waals surface area contributed by atoms with E-state index >= 15 is 0 Å². The highest BCUT2D eigenvalue weighted by Gasteiger charge is 2.10. The van der Waals surface area contributed by atoms with Gasteiger partial charge in [0.2, 0.25) is 5.88 Å². The Balaban J connectivity index is 2.04. The van der Waals surface area contributed by atoms with Gasteiger partial charge in [-0.15, -0.1) is 0 Å². The summed E-state index contributed by atoms with van der Waals surface area (Å²) in [6.45, 7) is 2.20. The zero-order valence-corrected chi connectivity index (χ0v) is 11.3. The lowest BCUT2D eigenvalue weighted by molar-refractivity contribution is 0.0962. The molecule has 0 aliphatic carbocycles. The van der Waals surface area contributed by atoms with Gasteiger partial charge in [0.15, 0.2) is 5.82 Å². The summed E-state index contributed by atoms with van der Waals surface area (Å²) in [5, 5.41) is 0. The Morgan fingerprint density at radius 3 is 2.71 bits per heavy atom. The predicted molar refractivity (Wildman–Crippen MR) is 75.1 cm³/mol. The highest BCUT2D eigenvalue weighted by molar-refractivity contribution is 5.95. The van der Waals surface area contributed by atoms with E-state index in [-0.39, 0.29) is 17.4 Å². The third-order valence-electron chi connectivity index (χ3n) is 2.53. The number of anilines is 2. The number of ether oxygens (including phenoxy) is 1. The normalized spacial score (nSPS) is 10.0. The molecule has 0 aliphatic rings. The minimum absolute atomic E-state index is 0.179. The van der Waals surface area contributed by atoms with Crippen molar-refractivity contribution in [3.8, 4) is 5.88 Å². The van der Waals surface area contributed by atoms with Crippen molar-refractivity contribution in [1.82, 2.24) is 15.4 Å². The van der Waals surface area contributed by atoms with E-state index in [1.807, 2.05) is 0 Å². The molecule has 1 heterocycles. The van der Waals surface area contributed by atoms with Crippen LogP contribution >= 0.6 is 0 Å². The molecular formula is C13H14FN5O2. The molecule has 7 nitrogen and oxygen atoms in total. The van der Waals surface area contributed by atoms with Crippen LogP contribution in [0.4, 0.5) is 15.9 Å². The molecular weight excluding hydrogens is 277 g/mol. The monoisotopic (exact) mass is 291 g/mol. The zero-order chi connectivity index (χ0) is 15.2. The van der Waals surface area contributed by atoms with Gasteiger partial charge in [-0.05, 0) is 31.2 Å². The zero-order valence-electron chi connectivity index (χ0n) is 11.3. The van der Waals surface area contributed by atoms with Crippen LogP contribution in [0.2, 0.25) is 0 Å². The molecule has 1 aromatic heterocycles. The Hall–Kier alpha value is -2.90. The Labute approximate surface area is 120 Å². The van der Waals surface area contributed by atoms with Crippen LogP contribution in [0.1, 0.15) is 17.3 Å². The number of benzene rings is 1. The molecule has 8 heteroatoms.